The molecule has 7 heteroatoms. The zero-order valence-electron chi connectivity index (χ0n) is 15.5. The van der Waals surface area contributed by atoms with E-state index in [0.717, 1.165) is 17.3 Å². The lowest BCUT2D eigenvalue weighted by atomic mass is 9.95. The van der Waals surface area contributed by atoms with Crippen LogP contribution in [0.15, 0.2) is 58.6 Å². The maximum Gasteiger partial charge on any atom is 0.295 e. The molecule has 2 aromatic carbocycles. The smallest absolute Gasteiger partial charge is 0.295 e. The summed E-state index contributed by atoms with van der Waals surface area (Å²) in [6, 6.07) is 11.7. The highest BCUT2D eigenvalue weighted by Gasteiger charge is 2.47. The van der Waals surface area contributed by atoms with Gasteiger partial charge in [-0.2, -0.15) is 0 Å². The zero-order valence-corrected chi connectivity index (χ0v) is 17.1. The van der Waals surface area contributed by atoms with E-state index in [0.29, 0.717) is 12.2 Å². The van der Waals surface area contributed by atoms with Crippen molar-refractivity contribution in [2.45, 2.75) is 25.0 Å². The molecule has 0 aliphatic carbocycles. The van der Waals surface area contributed by atoms with Gasteiger partial charge in [0, 0.05) is 23.2 Å². The SMILES string of the molecule is O=C1C(=O)N(CC2CCCO2)C(c2cccc(Br)c2)/C1=C(\O)c1ccc(F)cc1. The third-order valence-corrected chi connectivity index (χ3v) is 5.74. The highest BCUT2D eigenvalue weighted by Crippen LogP contribution is 2.40. The first-order valence-corrected chi connectivity index (χ1v) is 10.2. The molecule has 2 unspecified atom stereocenters. The minimum absolute atomic E-state index is 0.00212. The lowest BCUT2D eigenvalue weighted by molar-refractivity contribution is -0.140. The zero-order chi connectivity index (χ0) is 20.5. The molecule has 0 saturated carbocycles. The second-order valence-corrected chi connectivity index (χ2v) is 8.06. The largest absolute Gasteiger partial charge is 0.507 e. The van der Waals surface area contributed by atoms with Gasteiger partial charge in [-0.3, -0.25) is 9.59 Å². The summed E-state index contributed by atoms with van der Waals surface area (Å²) in [5.41, 5.74) is 0.972. The number of hydrogen-bond acceptors (Lipinski definition) is 4. The van der Waals surface area contributed by atoms with Crippen molar-refractivity contribution in [3.63, 3.8) is 0 Å². The van der Waals surface area contributed by atoms with Gasteiger partial charge >= 0.3 is 0 Å². The number of benzene rings is 2. The quantitative estimate of drug-likeness (QED) is 0.422. The number of halogens is 2. The Kier molecular flexibility index (Phi) is 5.52. The van der Waals surface area contributed by atoms with Crippen molar-refractivity contribution in [2.24, 2.45) is 0 Å². The second-order valence-electron chi connectivity index (χ2n) is 7.15. The molecule has 0 radical (unpaired) electrons. The molecule has 2 aliphatic rings. The van der Waals surface area contributed by atoms with E-state index < -0.39 is 23.5 Å². The number of amides is 1. The van der Waals surface area contributed by atoms with Gasteiger partial charge in [-0.25, -0.2) is 4.39 Å². The Hall–Kier alpha value is -2.51. The van der Waals surface area contributed by atoms with Crippen LogP contribution in [0.1, 0.15) is 30.0 Å². The van der Waals surface area contributed by atoms with Crippen molar-refractivity contribution in [2.75, 3.05) is 13.2 Å². The molecule has 2 heterocycles. The van der Waals surface area contributed by atoms with Crippen molar-refractivity contribution in [3.05, 3.63) is 75.5 Å². The third-order valence-electron chi connectivity index (χ3n) is 5.25. The molecule has 2 aliphatic heterocycles. The third kappa shape index (κ3) is 3.84. The van der Waals surface area contributed by atoms with E-state index >= 15 is 0 Å². The van der Waals surface area contributed by atoms with Crippen LogP contribution in [-0.4, -0.2) is 41.0 Å². The second kappa shape index (κ2) is 8.08. The van der Waals surface area contributed by atoms with Gasteiger partial charge in [-0.05, 0) is 54.8 Å². The molecule has 4 rings (SSSR count). The number of ether oxygens (including phenoxy) is 1. The molecule has 1 N–H and O–H groups in total. The number of ketones is 1. The van der Waals surface area contributed by atoms with Crippen LogP contribution < -0.4 is 0 Å². The summed E-state index contributed by atoms with van der Waals surface area (Å²) in [4.78, 5) is 27.2. The maximum absolute atomic E-state index is 13.3. The molecule has 0 bridgehead atoms. The molecule has 5 nitrogen and oxygen atoms in total. The molecule has 150 valence electrons. The average Bonchev–Trinajstić information content (AvgIpc) is 3.30. The number of aliphatic hydroxyl groups is 1. The Balaban J connectivity index is 1.83. The van der Waals surface area contributed by atoms with Crippen LogP contribution in [0.2, 0.25) is 0 Å². The molecule has 2 aromatic rings. The number of Topliss-reactive ketones (excluding diaryl/α,β-unsaturated/α-hetero) is 1. The molecule has 1 amide bonds. The van der Waals surface area contributed by atoms with Crippen LogP contribution in [0.5, 0.6) is 0 Å². The first kappa shape index (κ1) is 19.8. The van der Waals surface area contributed by atoms with Crippen LogP contribution >= 0.6 is 15.9 Å². The Morgan fingerprint density at radius 1 is 1.21 bits per heavy atom. The van der Waals surface area contributed by atoms with Gasteiger partial charge in [-0.15, -0.1) is 0 Å². The highest BCUT2D eigenvalue weighted by molar-refractivity contribution is 9.10. The summed E-state index contributed by atoms with van der Waals surface area (Å²) in [6.07, 6.45) is 1.58. The topological polar surface area (TPSA) is 66.8 Å². The van der Waals surface area contributed by atoms with Crippen molar-refractivity contribution >= 4 is 33.4 Å². The summed E-state index contributed by atoms with van der Waals surface area (Å²) >= 11 is 3.42. The summed E-state index contributed by atoms with van der Waals surface area (Å²) in [7, 11) is 0. The fourth-order valence-electron chi connectivity index (χ4n) is 3.86. The molecular formula is C22H19BrFNO4. The maximum atomic E-state index is 13.3. The van der Waals surface area contributed by atoms with E-state index in [4.69, 9.17) is 4.74 Å². The first-order chi connectivity index (χ1) is 14.0. The Labute approximate surface area is 175 Å². The average molecular weight is 460 g/mol. The summed E-state index contributed by atoms with van der Waals surface area (Å²) in [5.74, 6) is -2.20. The standard InChI is InChI=1S/C22H19BrFNO4/c23-15-4-1-3-14(11-15)19-18(20(26)13-6-8-16(24)9-7-13)21(27)22(28)25(19)12-17-5-2-10-29-17/h1,3-4,6-9,11,17,19,26H,2,5,10,12H2/b20-18+. The Morgan fingerprint density at radius 3 is 2.62 bits per heavy atom. The Bertz CT molecular complexity index is 983. The highest BCUT2D eigenvalue weighted by atomic mass is 79.9. The van der Waals surface area contributed by atoms with Crippen LogP contribution in [0.25, 0.3) is 5.76 Å². The van der Waals surface area contributed by atoms with E-state index in [2.05, 4.69) is 15.9 Å². The van der Waals surface area contributed by atoms with Crippen molar-refractivity contribution in [1.82, 2.24) is 4.90 Å². The molecule has 2 atom stereocenters. The van der Waals surface area contributed by atoms with Crippen molar-refractivity contribution in [3.8, 4) is 0 Å². The van der Waals surface area contributed by atoms with Crippen LogP contribution in [-0.2, 0) is 14.3 Å². The van der Waals surface area contributed by atoms with Gasteiger partial charge in [0.05, 0.1) is 17.7 Å². The number of carbonyl (C=O) groups excluding carboxylic acids is 2. The summed E-state index contributed by atoms with van der Waals surface area (Å²) in [6.45, 7) is 0.897. The monoisotopic (exact) mass is 459 g/mol. The number of hydrogen-bond donors (Lipinski definition) is 1. The normalized spacial score (nSPS) is 23.7. The molecule has 0 aromatic heterocycles. The van der Waals surface area contributed by atoms with E-state index in [1.807, 2.05) is 24.3 Å². The minimum atomic E-state index is -0.755. The van der Waals surface area contributed by atoms with E-state index in [1.165, 1.54) is 29.2 Å². The predicted molar refractivity (Wildman–Crippen MR) is 109 cm³/mol. The molecule has 0 spiro atoms. The molecular weight excluding hydrogens is 441 g/mol. The summed E-state index contributed by atoms with van der Waals surface area (Å²) in [5, 5.41) is 10.9. The number of nitrogens with zero attached hydrogens (tertiary/aromatic N) is 1. The fraction of sp³-hybridized carbons (Fsp3) is 0.273. The molecule has 29 heavy (non-hydrogen) atoms. The first-order valence-electron chi connectivity index (χ1n) is 9.37. The van der Waals surface area contributed by atoms with Crippen LogP contribution in [0.4, 0.5) is 4.39 Å². The number of carbonyl (C=O) groups is 2. The lowest BCUT2D eigenvalue weighted by Gasteiger charge is -2.27. The number of likely N-dealkylation sites (tertiary alicyclic amines) is 1. The Morgan fingerprint density at radius 2 is 1.97 bits per heavy atom. The van der Waals surface area contributed by atoms with Crippen molar-refractivity contribution in [1.29, 1.82) is 0 Å². The predicted octanol–water partition coefficient (Wildman–Crippen LogP) is 4.19. The lowest BCUT2D eigenvalue weighted by Crippen LogP contribution is -2.36. The van der Waals surface area contributed by atoms with Gasteiger partial charge in [0.25, 0.3) is 11.7 Å². The van der Waals surface area contributed by atoms with Gasteiger partial charge in [0.2, 0.25) is 0 Å². The molecule has 2 fully saturated rings. The number of rotatable bonds is 4. The van der Waals surface area contributed by atoms with Gasteiger partial charge in [0.15, 0.2) is 0 Å². The van der Waals surface area contributed by atoms with E-state index in [9.17, 15) is 19.1 Å². The van der Waals surface area contributed by atoms with Gasteiger partial charge in [-0.1, -0.05) is 28.1 Å². The van der Waals surface area contributed by atoms with E-state index in [-0.39, 0.29) is 29.5 Å². The minimum Gasteiger partial charge on any atom is -0.507 e. The van der Waals surface area contributed by atoms with Crippen molar-refractivity contribution < 1.29 is 23.8 Å². The number of aliphatic hydroxyl groups excluding tert-OH is 1. The van der Waals surface area contributed by atoms with E-state index in [1.54, 1.807) is 0 Å². The van der Waals surface area contributed by atoms with Crippen LogP contribution in [0.3, 0.4) is 0 Å². The van der Waals surface area contributed by atoms with Gasteiger partial charge in [0.1, 0.15) is 11.6 Å². The van der Waals surface area contributed by atoms with Gasteiger partial charge < -0.3 is 14.7 Å². The van der Waals surface area contributed by atoms with Crippen LogP contribution in [0, 0.1) is 5.82 Å². The fourth-order valence-corrected chi connectivity index (χ4v) is 4.28. The summed E-state index contributed by atoms with van der Waals surface area (Å²) < 4.78 is 19.8. The molecule has 2 saturated heterocycles.